The first-order chi connectivity index (χ1) is 16.3. The predicted octanol–water partition coefficient (Wildman–Crippen LogP) is 4.90. The molecule has 33 heavy (non-hydrogen) atoms. The van der Waals surface area contributed by atoms with Crippen LogP contribution in [0.2, 0.25) is 0 Å². The molecule has 2 saturated heterocycles. The van der Waals surface area contributed by atoms with Gasteiger partial charge in [0.15, 0.2) is 5.82 Å². The van der Waals surface area contributed by atoms with E-state index in [4.69, 9.17) is 14.7 Å². The molecule has 0 unspecified atom stereocenters. The summed E-state index contributed by atoms with van der Waals surface area (Å²) in [7, 11) is 0. The van der Waals surface area contributed by atoms with Crippen molar-refractivity contribution < 1.29 is 9.53 Å². The topological polar surface area (TPSA) is 80.2 Å². The number of carbonyl (C=O) groups is 1. The fourth-order valence-electron chi connectivity index (χ4n) is 4.59. The van der Waals surface area contributed by atoms with Crippen LogP contribution in [0, 0.1) is 0 Å². The van der Waals surface area contributed by atoms with Gasteiger partial charge >= 0.3 is 0 Å². The number of ether oxygens (including phenoxy) is 1. The van der Waals surface area contributed by atoms with Crippen molar-refractivity contribution in [1.29, 1.82) is 0 Å². The first kappa shape index (κ1) is 21.5. The van der Waals surface area contributed by atoms with Gasteiger partial charge in [-0.1, -0.05) is 18.2 Å². The fraction of sp³-hybridized carbons (Fsp3) is 0.385. The van der Waals surface area contributed by atoms with E-state index in [-0.39, 0.29) is 18.1 Å². The molecule has 2 aliphatic heterocycles. The third kappa shape index (κ3) is 5.03. The molecule has 7 heteroatoms. The molecule has 3 aromatic rings. The average Bonchev–Trinajstić information content (AvgIpc) is 2.90. The number of pyridine rings is 1. The molecule has 2 atom stereocenters. The lowest BCUT2D eigenvalue weighted by Crippen LogP contribution is -2.46. The third-order valence-corrected chi connectivity index (χ3v) is 6.29. The number of likely N-dealkylation sites (tertiary alicyclic amines) is 1. The summed E-state index contributed by atoms with van der Waals surface area (Å²) in [6.45, 7) is 1.37. The van der Waals surface area contributed by atoms with Crippen LogP contribution in [-0.4, -0.2) is 45.0 Å². The van der Waals surface area contributed by atoms with Crippen LogP contribution in [0.15, 0.2) is 60.9 Å². The second kappa shape index (κ2) is 10.1. The monoisotopic (exact) mass is 443 g/mol. The standard InChI is InChI=1S/C26H29N5O2/c32-26(23-13-5-7-16-33-23)31-15-6-4-12-22(31)25-29-21(19-9-8-14-27-18-19)17-24(30-25)28-20-10-2-1-3-11-20/h1-3,8-11,14,17-18,22-23H,4-7,12-13,15-16H2,(H,28,29,30)/t22-,23+/m1/s1. The van der Waals surface area contributed by atoms with Crippen LogP contribution in [0.1, 0.15) is 50.4 Å². The molecule has 0 aliphatic carbocycles. The van der Waals surface area contributed by atoms with Crippen molar-refractivity contribution in [3.63, 3.8) is 0 Å². The van der Waals surface area contributed by atoms with Crippen molar-refractivity contribution in [1.82, 2.24) is 19.9 Å². The second-order valence-corrected chi connectivity index (χ2v) is 8.63. The van der Waals surface area contributed by atoms with Gasteiger partial charge in [-0.25, -0.2) is 9.97 Å². The van der Waals surface area contributed by atoms with Crippen molar-refractivity contribution >= 4 is 17.4 Å². The summed E-state index contributed by atoms with van der Waals surface area (Å²) >= 11 is 0. The van der Waals surface area contributed by atoms with Crippen LogP contribution < -0.4 is 5.32 Å². The number of anilines is 2. The highest BCUT2D eigenvalue weighted by Crippen LogP contribution is 2.33. The van der Waals surface area contributed by atoms with Crippen LogP contribution in [0.25, 0.3) is 11.3 Å². The number of piperidine rings is 1. The Hall–Kier alpha value is -3.32. The van der Waals surface area contributed by atoms with E-state index in [9.17, 15) is 4.79 Å². The first-order valence-corrected chi connectivity index (χ1v) is 11.8. The molecule has 5 rings (SSSR count). The summed E-state index contributed by atoms with van der Waals surface area (Å²) in [6.07, 6.45) is 8.94. The number of hydrogen-bond donors (Lipinski definition) is 1. The maximum Gasteiger partial charge on any atom is 0.252 e. The molecule has 1 N–H and O–H groups in total. The lowest BCUT2D eigenvalue weighted by atomic mass is 9.98. The number of para-hydroxylation sites is 1. The number of nitrogens with zero attached hydrogens (tertiary/aromatic N) is 4. The lowest BCUT2D eigenvalue weighted by molar-refractivity contribution is -0.150. The number of rotatable bonds is 5. The van der Waals surface area contributed by atoms with E-state index in [1.54, 1.807) is 12.4 Å². The van der Waals surface area contributed by atoms with Crippen LogP contribution >= 0.6 is 0 Å². The highest BCUT2D eigenvalue weighted by Gasteiger charge is 2.35. The quantitative estimate of drug-likeness (QED) is 0.604. The van der Waals surface area contributed by atoms with Gasteiger partial charge in [-0.3, -0.25) is 9.78 Å². The largest absolute Gasteiger partial charge is 0.368 e. The maximum atomic E-state index is 13.4. The van der Waals surface area contributed by atoms with Crippen molar-refractivity contribution in [3.05, 3.63) is 66.7 Å². The normalized spacial score (nSPS) is 20.9. The van der Waals surface area contributed by atoms with Crippen molar-refractivity contribution in [2.45, 2.75) is 50.7 Å². The van der Waals surface area contributed by atoms with Gasteiger partial charge < -0.3 is 15.0 Å². The molecule has 2 aliphatic rings. The molecular weight excluding hydrogens is 414 g/mol. The Morgan fingerprint density at radius 1 is 1.00 bits per heavy atom. The molecule has 1 aromatic carbocycles. The predicted molar refractivity (Wildman–Crippen MR) is 127 cm³/mol. The summed E-state index contributed by atoms with van der Waals surface area (Å²) in [4.78, 5) is 29.4. The van der Waals surface area contributed by atoms with Gasteiger partial charge in [-0.05, 0) is 62.8 Å². The molecule has 0 spiro atoms. The second-order valence-electron chi connectivity index (χ2n) is 8.63. The zero-order valence-electron chi connectivity index (χ0n) is 18.7. The van der Waals surface area contributed by atoms with E-state index >= 15 is 0 Å². The van der Waals surface area contributed by atoms with Gasteiger partial charge in [-0.15, -0.1) is 0 Å². The van der Waals surface area contributed by atoms with E-state index in [0.29, 0.717) is 24.8 Å². The van der Waals surface area contributed by atoms with Gasteiger partial charge in [-0.2, -0.15) is 0 Å². The minimum atomic E-state index is -0.345. The van der Waals surface area contributed by atoms with Gasteiger partial charge in [0.1, 0.15) is 11.9 Å². The first-order valence-electron chi connectivity index (χ1n) is 11.8. The number of benzene rings is 1. The summed E-state index contributed by atoms with van der Waals surface area (Å²) in [5, 5.41) is 3.40. The van der Waals surface area contributed by atoms with Gasteiger partial charge in [0.05, 0.1) is 11.7 Å². The molecular formula is C26H29N5O2. The Kier molecular flexibility index (Phi) is 6.58. The van der Waals surface area contributed by atoms with Crippen LogP contribution in [0.3, 0.4) is 0 Å². The van der Waals surface area contributed by atoms with E-state index in [2.05, 4.69) is 10.3 Å². The molecule has 0 radical (unpaired) electrons. The van der Waals surface area contributed by atoms with E-state index in [1.165, 1.54) is 0 Å². The van der Waals surface area contributed by atoms with Crippen LogP contribution in [-0.2, 0) is 9.53 Å². The number of hydrogen-bond acceptors (Lipinski definition) is 6. The molecule has 1 amide bonds. The molecule has 2 fully saturated rings. The zero-order valence-corrected chi connectivity index (χ0v) is 18.7. The van der Waals surface area contributed by atoms with Crippen molar-refractivity contribution in [2.24, 2.45) is 0 Å². The van der Waals surface area contributed by atoms with Crippen LogP contribution in [0.5, 0.6) is 0 Å². The Morgan fingerprint density at radius 3 is 2.67 bits per heavy atom. The smallest absolute Gasteiger partial charge is 0.252 e. The minimum Gasteiger partial charge on any atom is -0.368 e. The Morgan fingerprint density at radius 2 is 1.88 bits per heavy atom. The van der Waals surface area contributed by atoms with Gasteiger partial charge in [0.25, 0.3) is 5.91 Å². The van der Waals surface area contributed by atoms with Crippen molar-refractivity contribution in [3.8, 4) is 11.3 Å². The Labute approximate surface area is 194 Å². The van der Waals surface area contributed by atoms with Crippen molar-refractivity contribution in [2.75, 3.05) is 18.5 Å². The average molecular weight is 444 g/mol. The molecule has 2 aromatic heterocycles. The number of nitrogens with one attached hydrogen (secondary N) is 1. The van der Waals surface area contributed by atoms with Crippen LogP contribution in [0.4, 0.5) is 11.5 Å². The molecule has 0 bridgehead atoms. The summed E-state index contributed by atoms with van der Waals surface area (Å²) in [6, 6.07) is 15.6. The Bertz CT molecular complexity index is 1070. The van der Waals surface area contributed by atoms with Gasteiger partial charge in [0, 0.05) is 42.9 Å². The minimum absolute atomic E-state index is 0.0762. The highest BCUT2D eigenvalue weighted by atomic mass is 16.5. The fourth-order valence-corrected chi connectivity index (χ4v) is 4.59. The lowest BCUT2D eigenvalue weighted by Gasteiger charge is -2.37. The molecule has 4 heterocycles. The molecule has 7 nitrogen and oxygen atoms in total. The van der Waals surface area contributed by atoms with E-state index in [0.717, 1.165) is 55.5 Å². The highest BCUT2D eigenvalue weighted by molar-refractivity contribution is 5.81. The van der Waals surface area contributed by atoms with E-state index < -0.39 is 0 Å². The number of amides is 1. The number of carbonyl (C=O) groups excluding carboxylic acids is 1. The zero-order chi connectivity index (χ0) is 22.5. The molecule has 170 valence electrons. The SMILES string of the molecule is O=C([C@@H]1CCCCO1)N1CCCC[C@@H]1c1nc(Nc2ccccc2)cc(-c2cccnc2)n1. The summed E-state index contributed by atoms with van der Waals surface area (Å²) in [5.41, 5.74) is 2.66. The summed E-state index contributed by atoms with van der Waals surface area (Å²) < 4.78 is 5.82. The molecule has 0 saturated carbocycles. The summed E-state index contributed by atoms with van der Waals surface area (Å²) in [5.74, 6) is 1.45. The third-order valence-electron chi connectivity index (χ3n) is 6.29. The number of aromatic nitrogens is 3. The van der Waals surface area contributed by atoms with Gasteiger partial charge in [0.2, 0.25) is 0 Å². The Balaban J connectivity index is 1.50. The maximum absolute atomic E-state index is 13.4. The van der Waals surface area contributed by atoms with E-state index in [1.807, 2.05) is 53.4 Å².